The number of rotatable bonds is 3. The average molecular weight is 325 g/mol. The molecule has 0 saturated heterocycles. The van der Waals surface area contributed by atoms with Crippen molar-refractivity contribution >= 4 is 11.9 Å². The Morgan fingerprint density at radius 2 is 1.74 bits per heavy atom. The Balaban J connectivity index is 1.95. The molecule has 6 nitrogen and oxygen atoms in total. The van der Waals surface area contributed by atoms with Crippen molar-refractivity contribution in [3.8, 4) is 0 Å². The Bertz CT molecular complexity index is 510. The van der Waals surface area contributed by atoms with Gasteiger partial charge in [0.1, 0.15) is 17.1 Å². The highest BCUT2D eigenvalue weighted by Crippen LogP contribution is 2.62. The Morgan fingerprint density at radius 3 is 2.22 bits per heavy atom. The Hall–Kier alpha value is -1.14. The number of hydrogen-bond donors (Lipinski definition) is 2. The van der Waals surface area contributed by atoms with Crippen LogP contribution in [-0.4, -0.2) is 40.4 Å². The van der Waals surface area contributed by atoms with E-state index in [2.05, 4.69) is 0 Å². The van der Waals surface area contributed by atoms with Crippen LogP contribution in [0.2, 0.25) is 0 Å². The first kappa shape index (κ1) is 16.7. The number of esters is 2. The number of ether oxygens (including phenoxy) is 2. The lowest BCUT2D eigenvalue weighted by Crippen LogP contribution is -2.69. The van der Waals surface area contributed by atoms with E-state index >= 15 is 0 Å². The van der Waals surface area contributed by atoms with Crippen LogP contribution in [0, 0.1) is 17.8 Å². The van der Waals surface area contributed by atoms with Gasteiger partial charge in [-0.3, -0.25) is 9.59 Å². The highest BCUT2D eigenvalue weighted by Gasteiger charge is 2.68. The first-order valence-electron chi connectivity index (χ1n) is 8.44. The minimum Gasteiger partial charge on any atom is -0.460 e. The van der Waals surface area contributed by atoms with E-state index in [0.717, 1.165) is 6.42 Å². The van der Waals surface area contributed by atoms with Gasteiger partial charge in [-0.2, -0.15) is 0 Å². The Labute approximate surface area is 136 Å². The SMILES string of the molecule is CC(C)(C)OC(=O)C1C2(O)CC3CC(C2)CC1(OC(=O)CN)C3. The second-order valence-corrected chi connectivity index (χ2v) is 8.60. The fraction of sp³-hybridized carbons (Fsp3) is 0.882. The second kappa shape index (κ2) is 5.18. The summed E-state index contributed by atoms with van der Waals surface area (Å²) in [7, 11) is 0. The van der Waals surface area contributed by atoms with Crippen LogP contribution >= 0.6 is 0 Å². The van der Waals surface area contributed by atoms with E-state index in [9.17, 15) is 14.7 Å². The molecule has 4 aliphatic rings. The number of carbonyl (C=O) groups is 2. The molecule has 6 heteroatoms. The molecule has 3 unspecified atom stereocenters. The summed E-state index contributed by atoms with van der Waals surface area (Å²) in [6.45, 7) is 5.16. The van der Waals surface area contributed by atoms with Crippen LogP contribution in [-0.2, 0) is 19.1 Å². The summed E-state index contributed by atoms with van der Waals surface area (Å²) in [6, 6.07) is 0. The molecule has 4 fully saturated rings. The molecule has 0 aromatic heterocycles. The van der Waals surface area contributed by atoms with Crippen molar-refractivity contribution in [3.63, 3.8) is 0 Å². The normalized spacial score (nSPS) is 41.7. The number of carbonyl (C=O) groups excluding carboxylic acids is 2. The number of hydrogen-bond acceptors (Lipinski definition) is 6. The summed E-state index contributed by atoms with van der Waals surface area (Å²) < 4.78 is 11.2. The predicted molar refractivity (Wildman–Crippen MR) is 82.2 cm³/mol. The minimum absolute atomic E-state index is 0.226. The van der Waals surface area contributed by atoms with E-state index in [1.165, 1.54) is 0 Å². The third kappa shape index (κ3) is 2.87. The zero-order valence-electron chi connectivity index (χ0n) is 14.1. The molecule has 3 atom stereocenters. The maximum absolute atomic E-state index is 12.8. The number of aliphatic hydroxyl groups is 1. The van der Waals surface area contributed by atoms with E-state index in [4.69, 9.17) is 15.2 Å². The smallest absolute Gasteiger partial charge is 0.320 e. The topological polar surface area (TPSA) is 98.9 Å². The van der Waals surface area contributed by atoms with Crippen molar-refractivity contribution in [1.82, 2.24) is 0 Å². The Kier molecular flexibility index (Phi) is 3.76. The van der Waals surface area contributed by atoms with E-state index < -0.39 is 34.7 Å². The first-order chi connectivity index (χ1) is 10.6. The first-order valence-corrected chi connectivity index (χ1v) is 8.44. The molecule has 4 aliphatic carbocycles. The number of nitrogens with two attached hydrogens (primary N) is 1. The molecular weight excluding hydrogens is 298 g/mol. The molecule has 4 rings (SSSR count). The standard InChI is InChI=1S/C17H27NO5/c1-15(2,3)23-14(20)13-16(21)5-10-4-11(6-16)8-17(13,7-10)22-12(19)9-18/h10-11,13,21H,4-9,18H2,1-3H3. The van der Waals surface area contributed by atoms with Gasteiger partial charge in [-0.1, -0.05) is 0 Å². The van der Waals surface area contributed by atoms with Crippen LogP contribution in [0.4, 0.5) is 0 Å². The molecule has 0 spiro atoms. The van der Waals surface area contributed by atoms with Crippen molar-refractivity contribution in [2.75, 3.05) is 6.54 Å². The summed E-state index contributed by atoms with van der Waals surface area (Å²) in [6.07, 6.45) is 3.42. The van der Waals surface area contributed by atoms with Crippen LogP contribution < -0.4 is 5.73 Å². The van der Waals surface area contributed by atoms with Gasteiger partial charge in [0, 0.05) is 0 Å². The predicted octanol–water partition coefficient (Wildman–Crippen LogP) is 1.14. The lowest BCUT2D eigenvalue weighted by atomic mass is 9.47. The molecule has 0 radical (unpaired) electrons. The molecule has 0 amide bonds. The highest BCUT2D eigenvalue weighted by molar-refractivity contribution is 5.78. The largest absolute Gasteiger partial charge is 0.460 e. The van der Waals surface area contributed by atoms with Gasteiger partial charge >= 0.3 is 11.9 Å². The molecule has 0 aromatic carbocycles. The van der Waals surface area contributed by atoms with Crippen LogP contribution in [0.5, 0.6) is 0 Å². The van der Waals surface area contributed by atoms with Gasteiger partial charge in [0.25, 0.3) is 0 Å². The highest BCUT2D eigenvalue weighted by atomic mass is 16.6. The van der Waals surface area contributed by atoms with Gasteiger partial charge in [0.2, 0.25) is 0 Å². The third-order valence-corrected chi connectivity index (χ3v) is 5.41. The van der Waals surface area contributed by atoms with E-state index in [1.807, 2.05) is 0 Å². The summed E-state index contributed by atoms with van der Waals surface area (Å²) in [5, 5.41) is 11.2. The van der Waals surface area contributed by atoms with Crippen LogP contribution in [0.3, 0.4) is 0 Å². The van der Waals surface area contributed by atoms with Crippen molar-refractivity contribution in [2.24, 2.45) is 23.5 Å². The van der Waals surface area contributed by atoms with Crippen LogP contribution in [0.15, 0.2) is 0 Å². The van der Waals surface area contributed by atoms with Gasteiger partial charge in [0.15, 0.2) is 0 Å². The molecule has 3 N–H and O–H groups in total. The lowest BCUT2D eigenvalue weighted by molar-refractivity contribution is -0.260. The zero-order valence-corrected chi connectivity index (χ0v) is 14.1. The van der Waals surface area contributed by atoms with Gasteiger partial charge < -0.3 is 20.3 Å². The van der Waals surface area contributed by atoms with Gasteiger partial charge in [0.05, 0.1) is 12.1 Å². The van der Waals surface area contributed by atoms with Gasteiger partial charge in [-0.15, -0.1) is 0 Å². The Morgan fingerprint density at radius 1 is 1.17 bits per heavy atom. The zero-order chi connectivity index (χ0) is 17.0. The maximum Gasteiger partial charge on any atom is 0.320 e. The molecule has 0 aliphatic heterocycles. The second-order valence-electron chi connectivity index (χ2n) is 8.60. The lowest BCUT2D eigenvalue weighted by Gasteiger charge is -2.62. The molecule has 0 heterocycles. The maximum atomic E-state index is 12.8. The summed E-state index contributed by atoms with van der Waals surface area (Å²) in [5.74, 6) is -1.24. The van der Waals surface area contributed by atoms with Gasteiger partial charge in [-0.25, -0.2) is 0 Å². The van der Waals surface area contributed by atoms with Crippen LogP contribution in [0.25, 0.3) is 0 Å². The molecule has 4 saturated carbocycles. The molecular formula is C17H27NO5. The summed E-state index contributed by atoms with van der Waals surface area (Å²) in [4.78, 5) is 24.7. The van der Waals surface area contributed by atoms with Gasteiger partial charge in [-0.05, 0) is 64.7 Å². The fourth-order valence-electron chi connectivity index (χ4n) is 5.26. The average Bonchev–Trinajstić information content (AvgIpc) is 2.32. The fourth-order valence-corrected chi connectivity index (χ4v) is 5.26. The van der Waals surface area contributed by atoms with E-state index in [-0.39, 0.29) is 18.4 Å². The molecule has 23 heavy (non-hydrogen) atoms. The molecule has 130 valence electrons. The molecule has 0 aromatic rings. The van der Waals surface area contributed by atoms with Crippen molar-refractivity contribution in [2.45, 2.75) is 69.7 Å². The van der Waals surface area contributed by atoms with E-state index in [0.29, 0.717) is 25.7 Å². The third-order valence-electron chi connectivity index (χ3n) is 5.41. The van der Waals surface area contributed by atoms with Crippen molar-refractivity contribution in [1.29, 1.82) is 0 Å². The van der Waals surface area contributed by atoms with E-state index in [1.54, 1.807) is 20.8 Å². The minimum atomic E-state index is -1.14. The van der Waals surface area contributed by atoms with Crippen molar-refractivity contribution < 1.29 is 24.2 Å². The molecule has 4 bridgehead atoms. The summed E-state index contributed by atoms with van der Waals surface area (Å²) >= 11 is 0. The summed E-state index contributed by atoms with van der Waals surface area (Å²) in [5.41, 5.74) is 2.65. The monoisotopic (exact) mass is 325 g/mol. The van der Waals surface area contributed by atoms with Crippen LogP contribution in [0.1, 0.15) is 52.9 Å². The quantitative estimate of drug-likeness (QED) is 0.755. The van der Waals surface area contributed by atoms with Crippen molar-refractivity contribution in [3.05, 3.63) is 0 Å².